The van der Waals surface area contributed by atoms with Gasteiger partial charge < -0.3 is 4.90 Å². The van der Waals surface area contributed by atoms with Crippen LogP contribution in [0, 0.1) is 11.8 Å². The fraction of sp³-hybridized carbons (Fsp3) is 0.500. The second-order valence-electron chi connectivity index (χ2n) is 3.87. The second kappa shape index (κ2) is 4.83. The van der Waals surface area contributed by atoms with Crippen LogP contribution in [0.15, 0.2) is 34.5 Å². The van der Waals surface area contributed by atoms with Crippen molar-refractivity contribution in [3.05, 3.63) is 24.3 Å². The van der Waals surface area contributed by atoms with Gasteiger partial charge in [0, 0.05) is 24.9 Å². The smallest absolute Gasteiger partial charge is 0.136 e. The number of rotatable bonds is 2. The molecule has 2 atom stereocenters. The van der Waals surface area contributed by atoms with Crippen LogP contribution in [0.1, 0.15) is 13.8 Å². The minimum atomic E-state index is 0.166. The molecule has 0 saturated heterocycles. The Kier molecular flexibility index (Phi) is 3.44. The lowest BCUT2D eigenvalue weighted by Gasteiger charge is -2.33. The van der Waals surface area contributed by atoms with E-state index in [1.807, 2.05) is 6.08 Å². The average Bonchev–Trinajstić information content (AvgIpc) is 2.34. The zero-order valence-electron chi connectivity index (χ0n) is 9.60. The lowest BCUT2D eigenvalue weighted by atomic mass is 9.87. The van der Waals surface area contributed by atoms with E-state index in [9.17, 15) is 0 Å². The van der Waals surface area contributed by atoms with Crippen LogP contribution >= 0.6 is 11.6 Å². The minimum Gasteiger partial charge on any atom is -0.359 e. The van der Waals surface area contributed by atoms with Crippen molar-refractivity contribution in [1.29, 1.82) is 0 Å². The molecule has 2 rings (SSSR count). The predicted molar refractivity (Wildman–Crippen MR) is 68.9 cm³/mol. The molecule has 2 aliphatic rings. The first kappa shape index (κ1) is 11.4. The Morgan fingerprint density at radius 1 is 1.12 bits per heavy atom. The molecule has 1 aliphatic carbocycles. The van der Waals surface area contributed by atoms with E-state index < -0.39 is 0 Å². The summed E-state index contributed by atoms with van der Waals surface area (Å²) < 4.78 is 0. The first-order valence-corrected chi connectivity index (χ1v) is 6.06. The standard InChI is InChI=1S/C12H16ClN3/c1-3-16(4-2)12-10-8-6-5-7-9(10)11(13)14-15-12/h5-10H,3-4H2,1-2H3. The van der Waals surface area contributed by atoms with Gasteiger partial charge in [-0.15, -0.1) is 10.2 Å². The largest absolute Gasteiger partial charge is 0.359 e. The van der Waals surface area contributed by atoms with Crippen molar-refractivity contribution in [3.63, 3.8) is 0 Å². The Hall–Kier alpha value is -1.09. The van der Waals surface area contributed by atoms with Gasteiger partial charge in [0.1, 0.15) is 11.0 Å². The molecule has 16 heavy (non-hydrogen) atoms. The van der Waals surface area contributed by atoms with Gasteiger partial charge in [-0.25, -0.2) is 0 Å². The maximum absolute atomic E-state index is 6.09. The van der Waals surface area contributed by atoms with Gasteiger partial charge in [-0.2, -0.15) is 0 Å². The van der Waals surface area contributed by atoms with Crippen LogP contribution in [0.4, 0.5) is 0 Å². The van der Waals surface area contributed by atoms with Crippen LogP contribution in [-0.2, 0) is 0 Å². The molecule has 0 aromatic carbocycles. The summed E-state index contributed by atoms with van der Waals surface area (Å²) in [7, 11) is 0. The van der Waals surface area contributed by atoms with Gasteiger partial charge in [-0.3, -0.25) is 0 Å². The van der Waals surface area contributed by atoms with Gasteiger partial charge in [0.15, 0.2) is 0 Å². The van der Waals surface area contributed by atoms with Crippen molar-refractivity contribution < 1.29 is 0 Å². The Morgan fingerprint density at radius 3 is 2.38 bits per heavy atom. The van der Waals surface area contributed by atoms with Gasteiger partial charge in [0.2, 0.25) is 0 Å². The first-order chi connectivity index (χ1) is 7.77. The van der Waals surface area contributed by atoms with Crippen molar-refractivity contribution in [2.75, 3.05) is 13.1 Å². The molecule has 4 heteroatoms. The molecule has 0 saturated carbocycles. The monoisotopic (exact) mass is 237 g/mol. The van der Waals surface area contributed by atoms with Crippen molar-refractivity contribution in [3.8, 4) is 0 Å². The molecule has 0 aromatic heterocycles. The van der Waals surface area contributed by atoms with Gasteiger partial charge >= 0.3 is 0 Å². The van der Waals surface area contributed by atoms with Crippen LogP contribution in [-0.4, -0.2) is 29.0 Å². The molecule has 0 bridgehead atoms. The lowest BCUT2D eigenvalue weighted by molar-refractivity contribution is 0.431. The lowest BCUT2D eigenvalue weighted by Crippen LogP contribution is -2.41. The Bertz CT molecular complexity index is 378. The van der Waals surface area contributed by atoms with E-state index in [1.165, 1.54) is 0 Å². The van der Waals surface area contributed by atoms with Crippen molar-refractivity contribution in [1.82, 2.24) is 4.90 Å². The van der Waals surface area contributed by atoms with Crippen molar-refractivity contribution in [2.45, 2.75) is 13.8 Å². The van der Waals surface area contributed by atoms with Gasteiger partial charge in [-0.1, -0.05) is 35.9 Å². The average molecular weight is 238 g/mol. The number of hydrogen-bond acceptors (Lipinski definition) is 3. The third-order valence-corrected chi connectivity index (χ3v) is 3.37. The zero-order valence-corrected chi connectivity index (χ0v) is 10.4. The summed E-state index contributed by atoms with van der Waals surface area (Å²) in [6.45, 7) is 6.15. The number of allylic oxidation sites excluding steroid dienone is 3. The summed E-state index contributed by atoms with van der Waals surface area (Å²) in [5.74, 6) is 1.44. The zero-order chi connectivity index (χ0) is 11.5. The molecule has 0 radical (unpaired) electrons. The number of fused-ring (bicyclic) bond motifs is 1. The topological polar surface area (TPSA) is 28.0 Å². The van der Waals surface area contributed by atoms with E-state index in [1.54, 1.807) is 0 Å². The maximum atomic E-state index is 6.09. The molecule has 3 nitrogen and oxygen atoms in total. The summed E-state index contributed by atoms with van der Waals surface area (Å²) in [4.78, 5) is 2.23. The van der Waals surface area contributed by atoms with Gasteiger partial charge in [0.25, 0.3) is 0 Å². The molecular formula is C12H16ClN3. The van der Waals surface area contributed by atoms with Crippen LogP contribution < -0.4 is 0 Å². The highest BCUT2D eigenvalue weighted by atomic mass is 35.5. The fourth-order valence-electron chi connectivity index (χ4n) is 2.14. The number of nitrogens with zero attached hydrogens (tertiary/aromatic N) is 3. The van der Waals surface area contributed by atoms with E-state index in [4.69, 9.17) is 11.6 Å². The number of halogens is 1. The quantitative estimate of drug-likeness (QED) is 0.726. The summed E-state index contributed by atoms with van der Waals surface area (Å²) >= 11 is 6.09. The molecular weight excluding hydrogens is 222 g/mol. The molecule has 2 unspecified atom stereocenters. The van der Waals surface area contributed by atoms with Crippen LogP contribution in [0.3, 0.4) is 0 Å². The first-order valence-electron chi connectivity index (χ1n) is 5.68. The molecule has 1 heterocycles. The third kappa shape index (κ3) is 1.92. The van der Waals surface area contributed by atoms with Crippen molar-refractivity contribution >= 4 is 22.6 Å². The molecule has 0 fully saturated rings. The molecule has 0 aromatic rings. The van der Waals surface area contributed by atoms with E-state index in [-0.39, 0.29) is 11.8 Å². The summed E-state index contributed by atoms with van der Waals surface area (Å²) in [5, 5.41) is 8.89. The normalized spacial score (nSPS) is 27.2. The fourth-order valence-corrected chi connectivity index (χ4v) is 2.38. The number of amidine groups is 1. The molecule has 0 N–H and O–H groups in total. The summed E-state index contributed by atoms with van der Waals surface area (Å²) in [6.07, 6.45) is 8.31. The van der Waals surface area contributed by atoms with E-state index in [2.05, 4.69) is 47.2 Å². The maximum Gasteiger partial charge on any atom is 0.136 e. The second-order valence-corrected chi connectivity index (χ2v) is 4.26. The number of hydrogen-bond donors (Lipinski definition) is 0. The Labute approximate surface area is 101 Å². The van der Waals surface area contributed by atoms with Crippen LogP contribution in [0.2, 0.25) is 0 Å². The highest BCUT2D eigenvalue weighted by molar-refractivity contribution is 6.66. The summed E-state index contributed by atoms with van der Waals surface area (Å²) in [5.41, 5.74) is 0. The van der Waals surface area contributed by atoms with E-state index in [0.717, 1.165) is 18.9 Å². The molecule has 0 amide bonds. The van der Waals surface area contributed by atoms with Gasteiger partial charge in [-0.05, 0) is 13.8 Å². The highest BCUT2D eigenvalue weighted by Gasteiger charge is 2.32. The predicted octanol–water partition coefficient (Wildman–Crippen LogP) is 2.65. The third-order valence-electron chi connectivity index (χ3n) is 3.04. The molecule has 1 aliphatic heterocycles. The minimum absolute atomic E-state index is 0.166. The Balaban J connectivity index is 2.31. The van der Waals surface area contributed by atoms with E-state index in [0.29, 0.717) is 5.17 Å². The SMILES string of the molecule is CCN(CC)C1=NN=C(Cl)C2C=CC=CC12. The van der Waals surface area contributed by atoms with Crippen LogP contribution in [0.25, 0.3) is 0 Å². The summed E-state index contributed by atoms with van der Waals surface area (Å²) in [6, 6.07) is 0. The van der Waals surface area contributed by atoms with Crippen LogP contribution in [0.5, 0.6) is 0 Å². The Morgan fingerprint density at radius 2 is 1.75 bits per heavy atom. The molecule has 86 valence electrons. The van der Waals surface area contributed by atoms with Crippen molar-refractivity contribution in [2.24, 2.45) is 22.0 Å². The van der Waals surface area contributed by atoms with Gasteiger partial charge in [0.05, 0.1) is 0 Å². The molecule has 0 spiro atoms. The highest BCUT2D eigenvalue weighted by Crippen LogP contribution is 2.29. The van der Waals surface area contributed by atoms with E-state index >= 15 is 0 Å².